The smallest absolute Gasteiger partial charge is 0.337 e. The molecule has 0 amide bonds. The number of hydrogen-bond acceptors (Lipinski definition) is 7. The van der Waals surface area contributed by atoms with Gasteiger partial charge in [0.2, 0.25) is 0 Å². The van der Waals surface area contributed by atoms with Gasteiger partial charge < -0.3 is 24.3 Å². The summed E-state index contributed by atoms with van der Waals surface area (Å²) in [5, 5.41) is 11.3. The lowest BCUT2D eigenvalue weighted by Crippen LogP contribution is -2.17. The summed E-state index contributed by atoms with van der Waals surface area (Å²) in [7, 11) is 6.67. The number of ether oxygens (including phenoxy) is 3. The highest BCUT2D eigenvalue weighted by molar-refractivity contribution is 6.13. The molecule has 4 rings (SSSR count). The number of rotatable bonds is 9. The summed E-state index contributed by atoms with van der Waals surface area (Å²) >= 11 is 0. The molecule has 192 valence electrons. The highest BCUT2D eigenvalue weighted by Crippen LogP contribution is 2.30. The van der Waals surface area contributed by atoms with Crippen molar-refractivity contribution in [1.82, 2.24) is 9.88 Å². The summed E-state index contributed by atoms with van der Waals surface area (Å²) in [5.41, 5.74) is 5.38. The number of esters is 1. The molecule has 0 bridgehead atoms. The standard InChI is InChI=1S/C29H31N3O5/c1-18(27-23-12-9-21(29(34)37-5)15-24(23)31-28(27)33)30-22-10-6-19(7-11-22)16-32(2)17-20-8-13-25(35-3)26(14-20)36-4/h6-15,31,33H,16-17H2,1-5H3. The predicted molar refractivity (Wildman–Crippen MR) is 144 cm³/mol. The summed E-state index contributed by atoms with van der Waals surface area (Å²) in [6.45, 7) is 3.38. The van der Waals surface area contributed by atoms with Gasteiger partial charge in [0.1, 0.15) is 0 Å². The van der Waals surface area contributed by atoms with Gasteiger partial charge >= 0.3 is 5.97 Å². The number of aromatic hydroxyl groups is 1. The van der Waals surface area contributed by atoms with Crippen molar-refractivity contribution in [2.24, 2.45) is 4.99 Å². The Morgan fingerprint density at radius 3 is 2.27 bits per heavy atom. The number of carbonyl (C=O) groups is 1. The van der Waals surface area contributed by atoms with E-state index in [1.54, 1.807) is 32.4 Å². The number of carbonyl (C=O) groups excluding carboxylic acids is 1. The Labute approximate surface area is 216 Å². The lowest BCUT2D eigenvalue weighted by Gasteiger charge is -2.18. The first-order valence-corrected chi connectivity index (χ1v) is 11.8. The highest BCUT2D eigenvalue weighted by Gasteiger charge is 2.16. The van der Waals surface area contributed by atoms with E-state index in [2.05, 4.69) is 29.1 Å². The van der Waals surface area contributed by atoms with Crippen molar-refractivity contribution in [2.75, 3.05) is 28.4 Å². The van der Waals surface area contributed by atoms with Gasteiger partial charge in [0, 0.05) is 24.0 Å². The van der Waals surface area contributed by atoms with Crippen LogP contribution in [0.25, 0.3) is 10.9 Å². The second kappa shape index (κ2) is 11.2. The summed E-state index contributed by atoms with van der Waals surface area (Å²) in [4.78, 5) is 21.7. The molecule has 0 saturated heterocycles. The summed E-state index contributed by atoms with van der Waals surface area (Å²) < 4.78 is 15.5. The van der Waals surface area contributed by atoms with Gasteiger partial charge in [-0.15, -0.1) is 0 Å². The molecule has 3 aromatic carbocycles. The quantitative estimate of drug-likeness (QED) is 0.234. The van der Waals surface area contributed by atoms with Crippen molar-refractivity contribution in [3.8, 4) is 17.4 Å². The number of fused-ring (bicyclic) bond motifs is 1. The minimum absolute atomic E-state index is 0.00618. The van der Waals surface area contributed by atoms with Crippen LogP contribution in [-0.4, -0.2) is 55.0 Å². The molecule has 0 saturated carbocycles. The van der Waals surface area contributed by atoms with E-state index in [1.807, 2.05) is 37.3 Å². The van der Waals surface area contributed by atoms with Gasteiger partial charge in [-0.3, -0.25) is 9.89 Å². The largest absolute Gasteiger partial charge is 0.494 e. The third-order valence-electron chi connectivity index (χ3n) is 6.15. The van der Waals surface area contributed by atoms with E-state index in [9.17, 15) is 9.90 Å². The first-order valence-electron chi connectivity index (χ1n) is 11.8. The molecule has 0 spiro atoms. The highest BCUT2D eigenvalue weighted by atomic mass is 16.5. The van der Waals surface area contributed by atoms with Gasteiger partial charge in [-0.25, -0.2) is 4.79 Å². The van der Waals surface area contributed by atoms with Crippen molar-refractivity contribution < 1.29 is 24.1 Å². The van der Waals surface area contributed by atoms with E-state index in [-0.39, 0.29) is 5.88 Å². The fourth-order valence-corrected chi connectivity index (χ4v) is 4.38. The van der Waals surface area contributed by atoms with Gasteiger partial charge in [-0.1, -0.05) is 24.3 Å². The Kier molecular flexibility index (Phi) is 7.79. The number of aliphatic imine (C=N–C) groups is 1. The minimum Gasteiger partial charge on any atom is -0.494 e. The molecule has 37 heavy (non-hydrogen) atoms. The van der Waals surface area contributed by atoms with Crippen molar-refractivity contribution in [3.05, 3.63) is 82.9 Å². The molecule has 0 fully saturated rings. The third-order valence-corrected chi connectivity index (χ3v) is 6.15. The van der Waals surface area contributed by atoms with Crippen LogP contribution in [0.15, 0.2) is 65.7 Å². The number of nitrogens with zero attached hydrogens (tertiary/aromatic N) is 2. The average Bonchev–Trinajstić information content (AvgIpc) is 3.24. The fourth-order valence-electron chi connectivity index (χ4n) is 4.38. The number of benzene rings is 3. The Morgan fingerprint density at radius 1 is 0.919 bits per heavy atom. The van der Waals surface area contributed by atoms with Crippen LogP contribution in [0.3, 0.4) is 0 Å². The molecule has 2 N–H and O–H groups in total. The van der Waals surface area contributed by atoms with Crippen LogP contribution in [0.2, 0.25) is 0 Å². The molecule has 0 aliphatic carbocycles. The molecule has 0 aliphatic rings. The van der Waals surface area contributed by atoms with Gasteiger partial charge in [-0.05, 0) is 61.5 Å². The summed E-state index contributed by atoms with van der Waals surface area (Å²) in [6, 6.07) is 19.1. The van der Waals surface area contributed by atoms with E-state index < -0.39 is 5.97 Å². The molecule has 0 atom stereocenters. The monoisotopic (exact) mass is 501 g/mol. The molecule has 8 heteroatoms. The van der Waals surface area contributed by atoms with Crippen LogP contribution < -0.4 is 9.47 Å². The van der Waals surface area contributed by atoms with Gasteiger partial charge in [-0.2, -0.15) is 0 Å². The van der Waals surface area contributed by atoms with Crippen LogP contribution >= 0.6 is 0 Å². The van der Waals surface area contributed by atoms with Gasteiger partial charge in [0.05, 0.1) is 43.9 Å². The molecule has 4 aromatic rings. The summed E-state index contributed by atoms with van der Waals surface area (Å²) in [5.74, 6) is 1.01. The molecular weight excluding hydrogens is 470 g/mol. The van der Waals surface area contributed by atoms with Crippen molar-refractivity contribution in [2.45, 2.75) is 20.0 Å². The van der Waals surface area contributed by atoms with Crippen LogP contribution in [0.1, 0.15) is 34.0 Å². The second-order valence-electron chi connectivity index (χ2n) is 8.83. The van der Waals surface area contributed by atoms with Crippen LogP contribution in [0.4, 0.5) is 5.69 Å². The molecule has 1 heterocycles. The van der Waals surface area contributed by atoms with E-state index in [0.29, 0.717) is 28.1 Å². The number of H-pyrrole nitrogens is 1. The molecule has 0 aliphatic heterocycles. The zero-order valence-corrected chi connectivity index (χ0v) is 21.7. The van der Waals surface area contributed by atoms with Gasteiger partial charge in [0.15, 0.2) is 17.4 Å². The van der Waals surface area contributed by atoms with E-state index in [1.165, 1.54) is 7.11 Å². The number of aromatic amines is 1. The zero-order valence-electron chi connectivity index (χ0n) is 21.7. The van der Waals surface area contributed by atoms with Crippen molar-refractivity contribution >= 4 is 28.3 Å². The zero-order chi connectivity index (χ0) is 26.5. The number of methoxy groups -OCH3 is 3. The average molecular weight is 502 g/mol. The maximum Gasteiger partial charge on any atom is 0.337 e. The van der Waals surface area contributed by atoms with E-state index >= 15 is 0 Å². The van der Waals surface area contributed by atoms with E-state index in [0.717, 1.165) is 41.0 Å². The fraction of sp³-hybridized carbons (Fsp3) is 0.241. The van der Waals surface area contributed by atoms with Crippen LogP contribution in [-0.2, 0) is 17.8 Å². The Balaban J connectivity index is 1.46. The number of nitrogens with one attached hydrogen (secondary N) is 1. The first kappa shape index (κ1) is 25.8. The Hall–Kier alpha value is -4.30. The SMILES string of the molecule is COC(=O)c1ccc2c(C(C)=Nc3ccc(CN(C)Cc4ccc(OC)c(OC)c4)cc3)c(O)[nH]c2c1. The maximum atomic E-state index is 11.8. The van der Waals surface area contributed by atoms with Gasteiger partial charge in [0.25, 0.3) is 0 Å². The first-order chi connectivity index (χ1) is 17.8. The predicted octanol–water partition coefficient (Wildman–Crippen LogP) is 5.45. The lowest BCUT2D eigenvalue weighted by molar-refractivity contribution is 0.0601. The van der Waals surface area contributed by atoms with Crippen molar-refractivity contribution in [1.29, 1.82) is 0 Å². The molecule has 8 nitrogen and oxygen atoms in total. The minimum atomic E-state index is -0.433. The lowest BCUT2D eigenvalue weighted by atomic mass is 10.1. The van der Waals surface area contributed by atoms with Crippen LogP contribution in [0, 0.1) is 0 Å². The molecule has 0 radical (unpaired) electrons. The van der Waals surface area contributed by atoms with Crippen LogP contribution in [0.5, 0.6) is 17.4 Å². The number of aromatic nitrogens is 1. The van der Waals surface area contributed by atoms with E-state index in [4.69, 9.17) is 19.2 Å². The normalized spacial score (nSPS) is 11.7. The number of hydrogen-bond donors (Lipinski definition) is 2. The topological polar surface area (TPSA) is 96.4 Å². The molecule has 0 unspecified atom stereocenters. The maximum absolute atomic E-state index is 11.8. The second-order valence-corrected chi connectivity index (χ2v) is 8.83. The molecular formula is C29H31N3O5. The van der Waals surface area contributed by atoms with Crippen molar-refractivity contribution in [3.63, 3.8) is 0 Å². The Morgan fingerprint density at radius 2 is 1.59 bits per heavy atom. The summed E-state index contributed by atoms with van der Waals surface area (Å²) in [6.07, 6.45) is 0. The third kappa shape index (κ3) is 5.76. The Bertz CT molecular complexity index is 1440. The molecule has 1 aromatic heterocycles.